The van der Waals surface area contributed by atoms with Crippen LogP contribution in [-0.4, -0.2) is 58.1 Å². The van der Waals surface area contributed by atoms with E-state index in [-0.39, 0.29) is 11.5 Å². The zero-order valence-corrected chi connectivity index (χ0v) is 15.6. The second kappa shape index (κ2) is 7.83. The molecule has 2 aliphatic heterocycles. The number of carboxylic acids is 1. The van der Waals surface area contributed by atoms with Crippen LogP contribution in [0.2, 0.25) is 0 Å². The minimum Gasteiger partial charge on any atom is -0.480 e. The van der Waals surface area contributed by atoms with Gasteiger partial charge in [-0.05, 0) is 68.8 Å². The molecule has 2 aliphatic rings. The Bertz CT molecular complexity index is 579. The average molecular weight is 345 g/mol. The first-order chi connectivity index (χ1) is 12.0. The molecule has 1 aromatic rings. The van der Waals surface area contributed by atoms with E-state index in [1.54, 1.807) is 0 Å². The van der Waals surface area contributed by atoms with Gasteiger partial charge in [0.15, 0.2) is 0 Å². The maximum atomic E-state index is 11.6. The molecule has 2 fully saturated rings. The maximum absolute atomic E-state index is 11.6. The fraction of sp³-hybridized carbons (Fsp3) is 0.700. The summed E-state index contributed by atoms with van der Waals surface area (Å²) in [5.74, 6) is -0.645. The summed E-state index contributed by atoms with van der Waals surface area (Å²) in [6.45, 7) is 9.12. The smallest absolute Gasteiger partial charge is 0.320 e. The molecule has 1 unspecified atom stereocenters. The highest BCUT2D eigenvalue weighted by Gasteiger charge is 2.47. The van der Waals surface area contributed by atoms with Crippen LogP contribution >= 0.6 is 0 Å². The summed E-state index contributed by atoms with van der Waals surface area (Å²) in [6, 6.07) is 4.03. The van der Waals surface area contributed by atoms with Crippen molar-refractivity contribution in [3.63, 3.8) is 0 Å². The Kier molecular flexibility index (Phi) is 5.74. The fourth-order valence-corrected chi connectivity index (χ4v) is 4.45. The Labute approximate surface area is 151 Å². The topological polar surface area (TPSA) is 56.7 Å². The van der Waals surface area contributed by atoms with Crippen molar-refractivity contribution < 1.29 is 9.90 Å². The summed E-state index contributed by atoms with van der Waals surface area (Å²) >= 11 is 0. The van der Waals surface area contributed by atoms with Gasteiger partial charge in [-0.3, -0.25) is 19.6 Å². The molecule has 1 aromatic heterocycles. The highest BCUT2D eigenvalue weighted by molar-refractivity contribution is 5.74. The van der Waals surface area contributed by atoms with Crippen molar-refractivity contribution in [2.24, 2.45) is 5.41 Å². The van der Waals surface area contributed by atoms with E-state index in [0.29, 0.717) is 0 Å². The normalized spacial score (nSPS) is 24.0. The van der Waals surface area contributed by atoms with E-state index in [4.69, 9.17) is 0 Å². The number of pyridine rings is 1. The van der Waals surface area contributed by atoms with E-state index in [0.717, 1.165) is 70.5 Å². The van der Waals surface area contributed by atoms with Gasteiger partial charge in [-0.2, -0.15) is 0 Å². The van der Waals surface area contributed by atoms with E-state index >= 15 is 0 Å². The van der Waals surface area contributed by atoms with Gasteiger partial charge in [0.2, 0.25) is 0 Å². The molecule has 2 saturated heterocycles. The predicted octanol–water partition coefficient (Wildman–Crippen LogP) is 2.80. The minimum atomic E-state index is -0.645. The van der Waals surface area contributed by atoms with Crippen LogP contribution in [0.4, 0.5) is 0 Å². The van der Waals surface area contributed by atoms with Gasteiger partial charge >= 0.3 is 5.97 Å². The quantitative estimate of drug-likeness (QED) is 0.859. The van der Waals surface area contributed by atoms with Crippen molar-refractivity contribution in [1.29, 1.82) is 0 Å². The lowest BCUT2D eigenvalue weighted by atomic mass is 9.76. The van der Waals surface area contributed by atoms with Crippen LogP contribution < -0.4 is 0 Å². The molecule has 0 saturated carbocycles. The van der Waals surface area contributed by atoms with Gasteiger partial charge in [-0.1, -0.05) is 19.9 Å². The number of hydrogen-bond donors (Lipinski definition) is 1. The summed E-state index contributed by atoms with van der Waals surface area (Å²) in [6.07, 6.45) is 7.05. The van der Waals surface area contributed by atoms with Crippen molar-refractivity contribution in [1.82, 2.24) is 14.8 Å². The van der Waals surface area contributed by atoms with Crippen LogP contribution in [0.3, 0.4) is 0 Å². The molecule has 0 aromatic carbocycles. The number of aliphatic carboxylic acids is 1. The van der Waals surface area contributed by atoms with E-state index < -0.39 is 5.97 Å². The second-order valence-electron chi connectivity index (χ2n) is 7.82. The summed E-state index contributed by atoms with van der Waals surface area (Å²) in [7, 11) is 0. The number of rotatable bonds is 6. The van der Waals surface area contributed by atoms with E-state index in [1.165, 1.54) is 5.56 Å². The Morgan fingerprint density at radius 2 is 2.08 bits per heavy atom. The third kappa shape index (κ3) is 4.21. The van der Waals surface area contributed by atoms with Crippen LogP contribution in [-0.2, 0) is 17.8 Å². The van der Waals surface area contributed by atoms with Gasteiger partial charge in [0.25, 0.3) is 0 Å². The molecular weight excluding hydrogens is 314 g/mol. The number of hydrogen-bond acceptors (Lipinski definition) is 4. The van der Waals surface area contributed by atoms with Gasteiger partial charge in [0.05, 0.1) is 5.69 Å². The predicted molar refractivity (Wildman–Crippen MR) is 98.5 cm³/mol. The Hall–Kier alpha value is -1.46. The number of carbonyl (C=O) groups is 1. The highest BCUT2D eigenvalue weighted by Crippen LogP contribution is 2.43. The largest absolute Gasteiger partial charge is 0.480 e. The molecule has 5 heteroatoms. The first kappa shape index (κ1) is 18.3. The SMILES string of the molecule is CCCN1CC2(CCN(Cc3ccc(CC)cn3)CC2)CC1C(=O)O. The molecule has 0 radical (unpaired) electrons. The van der Waals surface area contributed by atoms with Crippen LogP contribution in [0.1, 0.15) is 50.8 Å². The standard InChI is InChI=1S/C20H31N3O2/c1-3-9-23-15-20(12-18(23)19(24)25)7-10-22(11-8-20)14-17-6-5-16(4-2)13-21-17/h5-6,13,18H,3-4,7-12,14-15H2,1-2H3,(H,24,25). The van der Waals surface area contributed by atoms with Gasteiger partial charge in [0.1, 0.15) is 6.04 Å². The lowest BCUT2D eigenvalue weighted by Crippen LogP contribution is -2.41. The molecule has 0 aliphatic carbocycles. The number of aromatic nitrogens is 1. The highest BCUT2D eigenvalue weighted by atomic mass is 16.4. The summed E-state index contributed by atoms with van der Waals surface area (Å²) < 4.78 is 0. The third-order valence-corrected chi connectivity index (χ3v) is 6.00. The van der Waals surface area contributed by atoms with Crippen LogP contribution in [0, 0.1) is 5.41 Å². The number of piperidine rings is 1. The molecule has 138 valence electrons. The molecular formula is C20H31N3O2. The Morgan fingerprint density at radius 3 is 2.64 bits per heavy atom. The lowest BCUT2D eigenvalue weighted by molar-refractivity contribution is -0.142. The zero-order valence-electron chi connectivity index (χ0n) is 15.6. The monoisotopic (exact) mass is 345 g/mol. The number of likely N-dealkylation sites (tertiary alicyclic amines) is 2. The molecule has 0 amide bonds. The summed E-state index contributed by atoms with van der Waals surface area (Å²) in [5, 5.41) is 9.55. The number of aryl methyl sites for hydroxylation is 1. The van der Waals surface area contributed by atoms with E-state index in [2.05, 4.69) is 40.8 Å². The first-order valence-electron chi connectivity index (χ1n) is 9.68. The lowest BCUT2D eigenvalue weighted by Gasteiger charge is -2.39. The zero-order chi connectivity index (χ0) is 17.9. The Morgan fingerprint density at radius 1 is 1.32 bits per heavy atom. The fourth-order valence-electron chi connectivity index (χ4n) is 4.45. The number of carboxylic acid groups (broad SMARTS) is 1. The van der Waals surface area contributed by atoms with Gasteiger partial charge in [-0.15, -0.1) is 0 Å². The minimum absolute atomic E-state index is 0.203. The van der Waals surface area contributed by atoms with Crippen molar-refractivity contribution in [3.05, 3.63) is 29.6 Å². The van der Waals surface area contributed by atoms with Crippen LogP contribution in [0.25, 0.3) is 0 Å². The van der Waals surface area contributed by atoms with E-state index in [9.17, 15) is 9.90 Å². The van der Waals surface area contributed by atoms with Gasteiger partial charge in [-0.25, -0.2) is 0 Å². The maximum Gasteiger partial charge on any atom is 0.320 e. The summed E-state index contributed by atoms with van der Waals surface area (Å²) in [5.41, 5.74) is 2.62. The molecule has 3 rings (SSSR count). The Balaban J connectivity index is 1.56. The van der Waals surface area contributed by atoms with Gasteiger partial charge < -0.3 is 5.11 Å². The molecule has 5 nitrogen and oxygen atoms in total. The number of nitrogens with zero attached hydrogens (tertiary/aromatic N) is 3. The first-order valence-corrected chi connectivity index (χ1v) is 9.68. The molecule has 1 atom stereocenters. The van der Waals surface area contributed by atoms with Crippen molar-refractivity contribution in [2.75, 3.05) is 26.2 Å². The average Bonchev–Trinajstić information content (AvgIpc) is 2.97. The van der Waals surface area contributed by atoms with Crippen molar-refractivity contribution >= 4 is 5.97 Å². The van der Waals surface area contributed by atoms with E-state index in [1.807, 2.05) is 6.20 Å². The second-order valence-corrected chi connectivity index (χ2v) is 7.82. The molecule has 25 heavy (non-hydrogen) atoms. The molecule has 1 N–H and O–H groups in total. The van der Waals surface area contributed by atoms with Crippen LogP contribution in [0.5, 0.6) is 0 Å². The van der Waals surface area contributed by atoms with Crippen LogP contribution in [0.15, 0.2) is 18.3 Å². The molecule has 0 bridgehead atoms. The molecule has 1 spiro atoms. The molecule has 3 heterocycles. The van der Waals surface area contributed by atoms with Crippen molar-refractivity contribution in [2.45, 2.75) is 58.5 Å². The van der Waals surface area contributed by atoms with Crippen molar-refractivity contribution in [3.8, 4) is 0 Å². The third-order valence-electron chi connectivity index (χ3n) is 6.00. The van der Waals surface area contributed by atoms with Gasteiger partial charge in [0, 0.05) is 19.3 Å². The summed E-state index contributed by atoms with van der Waals surface area (Å²) in [4.78, 5) is 20.9.